The molecule has 0 heterocycles. The summed E-state index contributed by atoms with van der Waals surface area (Å²) in [6.45, 7) is 0. The minimum absolute atomic E-state index is 0. The summed E-state index contributed by atoms with van der Waals surface area (Å²) in [6.07, 6.45) is 0. The summed E-state index contributed by atoms with van der Waals surface area (Å²) < 4.78 is 0. The van der Waals surface area contributed by atoms with Gasteiger partial charge in [-0.3, -0.25) is 0 Å². The van der Waals surface area contributed by atoms with Crippen LogP contribution in [0, 0.1) is 37.3 Å². The van der Waals surface area contributed by atoms with Crippen molar-refractivity contribution in [2.45, 2.75) is 0 Å². The summed E-state index contributed by atoms with van der Waals surface area (Å²) in [7, 11) is 0. The molecule has 0 fully saturated rings. The zero-order chi connectivity index (χ0) is 0. The van der Waals surface area contributed by atoms with Crippen molar-refractivity contribution in [3.63, 3.8) is 0 Å². The molecule has 1 radical (unpaired) electrons. The number of hydrogen-bond acceptors (Lipinski definition) is 0. The second kappa shape index (κ2) is 16.8. The average Bonchev–Trinajstić information content (AvgIpc) is 0. The molecule has 0 bridgehead atoms. The van der Waals surface area contributed by atoms with Gasteiger partial charge >= 0.3 is 0 Å². The van der Waals surface area contributed by atoms with E-state index in [-0.39, 0.29) is 91.2 Å². The minimum Gasteiger partial charge on any atom is 0 e. The van der Waals surface area contributed by atoms with Gasteiger partial charge in [-0.25, -0.2) is 0 Å². The van der Waals surface area contributed by atoms with Crippen molar-refractivity contribution in [1.29, 1.82) is 0 Å². The van der Waals surface area contributed by atoms with Gasteiger partial charge in [-0.1, -0.05) is 0 Å². The Morgan fingerprint density at radius 1 is 1.00 bits per heavy atom. The van der Waals surface area contributed by atoms with E-state index in [1.807, 2.05) is 0 Å². The molecule has 0 nitrogen and oxygen atoms in total. The van der Waals surface area contributed by atoms with Crippen molar-refractivity contribution in [2.75, 3.05) is 0 Å². The van der Waals surface area contributed by atoms with E-state index < -0.39 is 0 Å². The molecule has 4 heavy (non-hydrogen) atoms. The summed E-state index contributed by atoms with van der Waals surface area (Å²) in [5.41, 5.74) is 0. The first-order chi connectivity index (χ1) is 0. The van der Waals surface area contributed by atoms with E-state index in [0.29, 0.717) is 0 Å². The molecule has 0 aromatic rings. The maximum absolute atomic E-state index is 0. The molecule has 0 unspecified atom stereocenters. The fraction of sp³-hybridized carbons (Fsp3) is 0. The summed E-state index contributed by atoms with van der Waals surface area (Å²) in [6, 6.07) is 0. The fourth-order valence-corrected chi connectivity index (χ4v) is 0. The molecule has 0 amide bonds. The zero-order valence-electron chi connectivity index (χ0n) is 1.30. The van der Waals surface area contributed by atoms with Crippen LogP contribution in [0.15, 0.2) is 0 Å². The molecule has 0 N–H and O–H groups in total. The molecule has 0 saturated heterocycles. The standard InChI is InChI=1S/Al.Cu.Er.Zn.3H. The van der Waals surface area contributed by atoms with Crippen molar-refractivity contribution >= 4 is 17.4 Å². The van der Waals surface area contributed by atoms with Gasteiger partial charge in [0.15, 0.2) is 17.4 Å². The minimum atomic E-state index is 0. The SMILES string of the molecule is [AlH3].[Cu].[Er].[Zn]. The van der Waals surface area contributed by atoms with Gasteiger partial charge in [-0.15, -0.1) is 0 Å². The van der Waals surface area contributed by atoms with Crippen molar-refractivity contribution in [2.24, 2.45) is 0 Å². The van der Waals surface area contributed by atoms with Gasteiger partial charge < -0.3 is 0 Å². The van der Waals surface area contributed by atoms with Crippen LogP contribution >= 0.6 is 0 Å². The van der Waals surface area contributed by atoms with E-state index >= 15 is 0 Å². The van der Waals surface area contributed by atoms with E-state index in [0.717, 1.165) is 0 Å². The quantitative estimate of drug-likeness (QED) is 0.491. The van der Waals surface area contributed by atoms with Gasteiger partial charge in [0.05, 0.1) is 0 Å². The van der Waals surface area contributed by atoms with Crippen LogP contribution in [0.5, 0.6) is 0 Å². The molecule has 0 aliphatic rings. The second-order valence-electron chi connectivity index (χ2n) is 0. The monoisotopic (exact) mass is 323 g/mol. The summed E-state index contributed by atoms with van der Waals surface area (Å²) >= 11 is 0. The average molecular weight is 326 g/mol. The molecular formula is H3AlCuErZn. The third-order valence-corrected chi connectivity index (χ3v) is 0. The molecule has 0 aromatic heterocycles. The van der Waals surface area contributed by atoms with Crippen molar-refractivity contribution < 1.29 is 73.9 Å². The van der Waals surface area contributed by atoms with Crippen LogP contribution in [0.4, 0.5) is 0 Å². The molecule has 0 spiro atoms. The predicted molar refractivity (Wildman–Crippen MR) is 9.94 cm³/mol. The fourth-order valence-electron chi connectivity index (χ4n) is 0. The zero-order valence-corrected chi connectivity index (χ0v) is 7.06. The van der Waals surface area contributed by atoms with Gasteiger partial charge in [-0.05, 0) is 0 Å². The van der Waals surface area contributed by atoms with Gasteiger partial charge in [0, 0.05) is 73.9 Å². The molecule has 4 heteroatoms. The smallest absolute Gasteiger partial charge is 0 e. The van der Waals surface area contributed by atoms with Crippen LogP contribution in [0.3, 0.4) is 0 Å². The Kier molecular flexibility index (Phi) is 119. The van der Waals surface area contributed by atoms with Gasteiger partial charge in [-0.2, -0.15) is 0 Å². The Morgan fingerprint density at radius 3 is 1.00 bits per heavy atom. The van der Waals surface area contributed by atoms with Crippen molar-refractivity contribution in [1.82, 2.24) is 0 Å². The van der Waals surface area contributed by atoms with Crippen LogP contribution in [0.25, 0.3) is 0 Å². The van der Waals surface area contributed by atoms with Gasteiger partial charge in [0.1, 0.15) is 0 Å². The topological polar surface area (TPSA) is 0 Å². The van der Waals surface area contributed by atoms with Crippen molar-refractivity contribution in [3.05, 3.63) is 0 Å². The molecule has 31 valence electrons. The molecule has 0 atom stereocenters. The first kappa shape index (κ1) is 28.4. The van der Waals surface area contributed by atoms with Gasteiger partial charge in [0.2, 0.25) is 0 Å². The molecule has 0 rings (SSSR count). The van der Waals surface area contributed by atoms with E-state index in [4.69, 9.17) is 0 Å². The number of rotatable bonds is 0. The third-order valence-electron chi connectivity index (χ3n) is 0. The largest absolute Gasteiger partial charge is 0.187 e. The van der Waals surface area contributed by atoms with Crippen LogP contribution in [-0.4, -0.2) is 17.4 Å². The molecule has 0 aromatic carbocycles. The van der Waals surface area contributed by atoms with Crippen LogP contribution < -0.4 is 0 Å². The first-order valence-corrected chi connectivity index (χ1v) is 0. The van der Waals surface area contributed by atoms with Crippen molar-refractivity contribution in [3.8, 4) is 0 Å². The molecule has 0 aliphatic heterocycles. The molecule has 0 aliphatic carbocycles. The maximum Gasteiger partial charge on any atom is 0.187 e. The van der Waals surface area contributed by atoms with E-state index in [1.54, 1.807) is 0 Å². The summed E-state index contributed by atoms with van der Waals surface area (Å²) in [5, 5.41) is 0. The van der Waals surface area contributed by atoms with Gasteiger partial charge in [0.25, 0.3) is 0 Å². The van der Waals surface area contributed by atoms with E-state index in [1.165, 1.54) is 0 Å². The summed E-state index contributed by atoms with van der Waals surface area (Å²) in [4.78, 5) is 0. The normalized spacial score (nSPS) is 0. The van der Waals surface area contributed by atoms with Crippen LogP contribution in [-0.2, 0) is 36.5 Å². The Labute approximate surface area is 89.4 Å². The first-order valence-electron chi connectivity index (χ1n) is 0. The Balaban J connectivity index is 0. The Bertz CT molecular complexity index is 8.00. The maximum atomic E-state index is 0. The summed E-state index contributed by atoms with van der Waals surface area (Å²) in [5.74, 6) is 0. The Hall–Kier alpha value is 2.92. The Morgan fingerprint density at radius 2 is 1.00 bits per heavy atom. The van der Waals surface area contributed by atoms with E-state index in [9.17, 15) is 0 Å². The van der Waals surface area contributed by atoms with Crippen LogP contribution in [0.2, 0.25) is 0 Å². The number of hydrogen-bond donors (Lipinski definition) is 0. The predicted octanol–water partition coefficient (Wildman–Crippen LogP) is -1.19. The van der Waals surface area contributed by atoms with Crippen LogP contribution in [0.1, 0.15) is 0 Å². The molecule has 0 saturated carbocycles. The second-order valence-corrected chi connectivity index (χ2v) is 0. The third kappa shape index (κ3) is 8.87. The van der Waals surface area contributed by atoms with E-state index in [2.05, 4.69) is 0 Å². The molecular weight excluding hydrogens is 323 g/mol.